The zero-order valence-corrected chi connectivity index (χ0v) is 12.3. The molecule has 0 aromatic heterocycles. The Kier molecular flexibility index (Phi) is 4.78. The Morgan fingerprint density at radius 3 is 2.15 bits per heavy atom. The van der Waals surface area contributed by atoms with E-state index in [1.807, 2.05) is 36.4 Å². The van der Waals surface area contributed by atoms with Crippen LogP contribution in [0.4, 0.5) is 0 Å². The summed E-state index contributed by atoms with van der Waals surface area (Å²) >= 11 is 0. The molecular weight excluding hydrogens is 271 g/mol. The highest BCUT2D eigenvalue weighted by Gasteiger charge is 2.29. The molecule has 0 bridgehead atoms. The van der Waals surface area contributed by atoms with Gasteiger partial charge >= 0.3 is 7.60 Å². The van der Waals surface area contributed by atoms with Crippen LogP contribution in [0.15, 0.2) is 67.2 Å². The quantitative estimate of drug-likeness (QED) is 0.589. The van der Waals surface area contributed by atoms with Crippen LogP contribution in [0.5, 0.6) is 0 Å². The minimum atomic E-state index is -3.39. The van der Waals surface area contributed by atoms with Crippen molar-refractivity contribution < 1.29 is 13.6 Å². The maximum absolute atomic E-state index is 12.9. The molecule has 104 valence electrons. The first-order chi connectivity index (χ1) is 9.65. The van der Waals surface area contributed by atoms with Gasteiger partial charge in [-0.2, -0.15) is 0 Å². The van der Waals surface area contributed by atoms with E-state index in [0.717, 1.165) is 5.56 Å². The molecule has 2 aromatic rings. The lowest BCUT2D eigenvalue weighted by Crippen LogP contribution is -2.09. The normalized spacial score (nSPS) is 13.4. The molecule has 0 aliphatic carbocycles. The summed E-state index contributed by atoms with van der Waals surface area (Å²) in [6, 6.07) is 18.3. The molecule has 0 saturated heterocycles. The van der Waals surface area contributed by atoms with Gasteiger partial charge < -0.3 is 4.52 Å². The van der Waals surface area contributed by atoms with Crippen molar-refractivity contribution in [3.05, 3.63) is 72.8 Å². The molecule has 0 aliphatic heterocycles. The highest BCUT2D eigenvalue weighted by molar-refractivity contribution is 7.62. The second-order valence-electron chi connectivity index (χ2n) is 4.13. The van der Waals surface area contributed by atoms with Crippen molar-refractivity contribution in [2.45, 2.75) is 6.92 Å². The van der Waals surface area contributed by atoms with Gasteiger partial charge in [-0.15, -0.1) is 0 Å². The molecule has 20 heavy (non-hydrogen) atoms. The van der Waals surface area contributed by atoms with Crippen molar-refractivity contribution in [1.29, 1.82) is 0 Å². The molecule has 4 heteroatoms. The number of benzene rings is 2. The summed E-state index contributed by atoms with van der Waals surface area (Å²) in [5.74, 6) is 0.339. The number of hydrogen-bond donors (Lipinski definition) is 0. The minimum Gasteiger partial charge on any atom is -0.421 e. The molecule has 0 spiro atoms. The second kappa shape index (κ2) is 6.56. The lowest BCUT2D eigenvalue weighted by Gasteiger charge is -2.20. The Hall–Kier alpha value is -1.83. The fourth-order valence-corrected chi connectivity index (χ4v) is 3.34. The molecule has 1 atom stereocenters. The predicted molar refractivity (Wildman–Crippen MR) is 81.9 cm³/mol. The Balaban J connectivity index is 2.27. The molecule has 2 aromatic carbocycles. The van der Waals surface area contributed by atoms with E-state index in [1.54, 1.807) is 31.2 Å². The molecule has 0 aliphatic rings. The van der Waals surface area contributed by atoms with Crippen LogP contribution in [0.25, 0.3) is 5.76 Å². The first-order valence-corrected chi connectivity index (χ1v) is 7.94. The maximum Gasteiger partial charge on any atom is 0.410 e. The molecule has 1 unspecified atom stereocenters. The SMILES string of the molecule is C=C(OP(=O)(OCC)c1ccccc1)c1ccccc1. The Morgan fingerprint density at radius 1 is 1.05 bits per heavy atom. The standard InChI is InChI=1S/C16H17O3P/c1-3-18-20(17,16-12-8-5-9-13-16)19-14(2)15-10-6-4-7-11-15/h4-13H,2-3H2,1H3. The zero-order valence-electron chi connectivity index (χ0n) is 11.4. The van der Waals surface area contributed by atoms with Gasteiger partial charge in [0, 0.05) is 5.56 Å². The van der Waals surface area contributed by atoms with E-state index in [0.29, 0.717) is 17.7 Å². The van der Waals surface area contributed by atoms with Gasteiger partial charge in [0.05, 0.1) is 11.9 Å². The first kappa shape index (κ1) is 14.6. The topological polar surface area (TPSA) is 35.5 Å². The summed E-state index contributed by atoms with van der Waals surface area (Å²) in [7, 11) is -3.39. The third-order valence-electron chi connectivity index (χ3n) is 2.70. The monoisotopic (exact) mass is 288 g/mol. The van der Waals surface area contributed by atoms with Crippen LogP contribution in [-0.4, -0.2) is 6.61 Å². The summed E-state index contributed by atoms with van der Waals surface area (Å²) in [6.07, 6.45) is 0. The summed E-state index contributed by atoms with van der Waals surface area (Å²) in [4.78, 5) is 0. The van der Waals surface area contributed by atoms with E-state index < -0.39 is 7.60 Å². The van der Waals surface area contributed by atoms with Gasteiger partial charge in [-0.1, -0.05) is 55.1 Å². The van der Waals surface area contributed by atoms with Crippen molar-refractivity contribution in [1.82, 2.24) is 0 Å². The minimum absolute atomic E-state index is 0.300. The van der Waals surface area contributed by atoms with Crippen LogP contribution in [0, 0.1) is 0 Å². The Bertz CT molecular complexity index is 608. The third kappa shape index (κ3) is 3.38. The largest absolute Gasteiger partial charge is 0.421 e. The van der Waals surface area contributed by atoms with Crippen molar-refractivity contribution in [3.8, 4) is 0 Å². The van der Waals surface area contributed by atoms with Crippen LogP contribution < -0.4 is 5.30 Å². The fraction of sp³-hybridized carbons (Fsp3) is 0.125. The third-order valence-corrected chi connectivity index (χ3v) is 4.69. The average Bonchev–Trinajstić information content (AvgIpc) is 2.49. The lowest BCUT2D eigenvalue weighted by atomic mass is 10.2. The molecular formula is C16H17O3P. The molecule has 0 saturated carbocycles. The van der Waals surface area contributed by atoms with E-state index in [1.165, 1.54) is 0 Å². The van der Waals surface area contributed by atoms with E-state index >= 15 is 0 Å². The van der Waals surface area contributed by atoms with Crippen molar-refractivity contribution >= 4 is 18.7 Å². The van der Waals surface area contributed by atoms with Gasteiger partial charge in [-0.25, -0.2) is 4.57 Å². The van der Waals surface area contributed by atoms with Gasteiger partial charge in [-0.05, 0) is 19.1 Å². The second-order valence-corrected chi connectivity index (χ2v) is 6.08. The van der Waals surface area contributed by atoms with E-state index in [4.69, 9.17) is 9.05 Å². The van der Waals surface area contributed by atoms with E-state index in [2.05, 4.69) is 6.58 Å². The number of rotatable bonds is 6. The highest BCUT2D eigenvalue weighted by atomic mass is 31.2. The molecule has 0 heterocycles. The fourth-order valence-electron chi connectivity index (χ4n) is 1.76. The summed E-state index contributed by atoms with van der Waals surface area (Å²) in [5, 5.41) is 0.527. The van der Waals surface area contributed by atoms with Gasteiger partial charge in [0.15, 0.2) is 0 Å². The van der Waals surface area contributed by atoms with Crippen LogP contribution in [0.1, 0.15) is 12.5 Å². The lowest BCUT2D eigenvalue weighted by molar-refractivity contribution is 0.280. The predicted octanol–water partition coefficient (Wildman–Crippen LogP) is 4.23. The molecule has 3 nitrogen and oxygen atoms in total. The van der Waals surface area contributed by atoms with Gasteiger partial charge in [0.2, 0.25) is 0 Å². The highest BCUT2D eigenvalue weighted by Crippen LogP contribution is 2.50. The van der Waals surface area contributed by atoms with Crippen LogP contribution in [-0.2, 0) is 13.6 Å². The van der Waals surface area contributed by atoms with E-state index in [9.17, 15) is 4.57 Å². The van der Waals surface area contributed by atoms with Gasteiger partial charge in [0.1, 0.15) is 5.76 Å². The smallest absolute Gasteiger partial charge is 0.410 e. The van der Waals surface area contributed by atoms with Crippen LogP contribution >= 0.6 is 7.60 Å². The Labute approximate surface area is 119 Å². The van der Waals surface area contributed by atoms with Crippen LogP contribution in [0.3, 0.4) is 0 Å². The van der Waals surface area contributed by atoms with Gasteiger partial charge in [-0.3, -0.25) is 4.52 Å². The van der Waals surface area contributed by atoms with Crippen LogP contribution in [0.2, 0.25) is 0 Å². The molecule has 2 rings (SSSR count). The molecule has 0 radical (unpaired) electrons. The zero-order chi connectivity index (χ0) is 14.4. The maximum atomic E-state index is 12.9. The number of hydrogen-bond acceptors (Lipinski definition) is 3. The molecule has 0 N–H and O–H groups in total. The summed E-state index contributed by atoms with van der Waals surface area (Å²) in [6.45, 7) is 5.93. The average molecular weight is 288 g/mol. The van der Waals surface area contributed by atoms with E-state index in [-0.39, 0.29) is 0 Å². The molecule has 0 fully saturated rings. The van der Waals surface area contributed by atoms with Crippen molar-refractivity contribution in [2.24, 2.45) is 0 Å². The first-order valence-electron chi connectivity index (χ1n) is 6.40. The van der Waals surface area contributed by atoms with Crippen molar-refractivity contribution in [2.75, 3.05) is 6.61 Å². The van der Waals surface area contributed by atoms with Gasteiger partial charge in [0.25, 0.3) is 0 Å². The Morgan fingerprint density at radius 2 is 1.60 bits per heavy atom. The molecule has 0 amide bonds. The summed E-state index contributed by atoms with van der Waals surface area (Å²) < 4.78 is 23.9. The summed E-state index contributed by atoms with van der Waals surface area (Å²) in [5.41, 5.74) is 0.781. The van der Waals surface area contributed by atoms with Crippen molar-refractivity contribution in [3.63, 3.8) is 0 Å².